The lowest BCUT2D eigenvalue weighted by molar-refractivity contribution is 0.300. The molecule has 2 N–H and O–H groups in total. The molecule has 0 aliphatic heterocycles. The van der Waals surface area contributed by atoms with E-state index >= 15 is 0 Å². The Bertz CT molecular complexity index is 383. The van der Waals surface area contributed by atoms with Gasteiger partial charge in [0.2, 0.25) is 0 Å². The number of fused-ring (bicyclic) bond motifs is 1. The Morgan fingerprint density at radius 2 is 1.94 bits per heavy atom. The maximum absolute atomic E-state index is 6.65. The van der Waals surface area contributed by atoms with Crippen LogP contribution in [0.4, 0.5) is 0 Å². The molecule has 0 heterocycles. The minimum atomic E-state index is -0.0646. The van der Waals surface area contributed by atoms with Gasteiger partial charge in [-0.1, -0.05) is 45.0 Å². The van der Waals surface area contributed by atoms with Crippen LogP contribution in [0.25, 0.3) is 0 Å². The first-order valence-corrected chi connectivity index (χ1v) is 6.88. The normalized spacial score (nSPS) is 25.0. The second kappa shape index (κ2) is 4.81. The van der Waals surface area contributed by atoms with Gasteiger partial charge in [0.25, 0.3) is 0 Å². The summed E-state index contributed by atoms with van der Waals surface area (Å²) < 4.78 is 0. The predicted octanol–water partition coefficient (Wildman–Crippen LogP) is 3.86. The fourth-order valence-corrected chi connectivity index (χ4v) is 3.44. The van der Waals surface area contributed by atoms with E-state index in [1.165, 1.54) is 17.5 Å². The molecule has 0 amide bonds. The molecule has 0 fully saturated rings. The van der Waals surface area contributed by atoms with Crippen molar-refractivity contribution in [3.8, 4) is 0 Å². The van der Waals surface area contributed by atoms with Gasteiger partial charge in [0.15, 0.2) is 0 Å². The molecule has 2 unspecified atom stereocenters. The van der Waals surface area contributed by atoms with Crippen molar-refractivity contribution in [2.75, 3.05) is 0 Å². The third kappa shape index (κ3) is 2.71. The van der Waals surface area contributed by atoms with Crippen LogP contribution >= 0.6 is 0 Å². The molecule has 1 aliphatic rings. The molecular weight excluding hydrogens is 206 g/mol. The molecule has 2 rings (SSSR count). The van der Waals surface area contributed by atoms with Gasteiger partial charge in [-0.2, -0.15) is 0 Å². The first-order chi connectivity index (χ1) is 8.01. The van der Waals surface area contributed by atoms with E-state index in [-0.39, 0.29) is 5.54 Å². The zero-order chi connectivity index (χ0) is 12.5. The topological polar surface area (TPSA) is 26.0 Å². The first-order valence-electron chi connectivity index (χ1n) is 6.88. The highest BCUT2D eigenvalue weighted by Crippen LogP contribution is 2.40. The molecule has 0 saturated carbocycles. The second-order valence-corrected chi connectivity index (χ2v) is 6.25. The van der Waals surface area contributed by atoms with Gasteiger partial charge in [0, 0.05) is 5.54 Å². The van der Waals surface area contributed by atoms with Gasteiger partial charge in [-0.3, -0.25) is 0 Å². The zero-order valence-electron chi connectivity index (χ0n) is 11.4. The fourth-order valence-electron chi connectivity index (χ4n) is 3.44. The smallest absolute Gasteiger partial charge is 0.0418 e. The van der Waals surface area contributed by atoms with E-state index in [1.807, 2.05) is 0 Å². The molecule has 1 aromatic rings. The number of hydrogen-bond donors (Lipinski definition) is 1. The molecule has 17 heavy (non-hydrogen) atoms. The summed E-state index contributed by atoms with van der Waals surface area (Å²) in [6, 6.07) is 8.71. The molecule has 0 aromatic heterocycles. The number of aryl methyl sites for hydroxylation is 1. The predicted molar refractivity (Wildman–Crippen MR) is 73.9 cm³/mol. The van der Waals surface area contributed by atoms with Crippen molar-refractivity contribution in [1.82, 2.24) is 0 Å². The highest BCUT2D eigenvalue weighted by molar-refractivity contribution is 5.38. The van der Waals surface area contributed by atoms with E-state index in [2.05, 4.69) is 45.0 Å². The van der Waals surface area contributed by atoms with Crippen LogP contribution in [0.15, 0.2) is 24.3 Å². The summed E-state index contributed by atoms with van der Waals surface area (Å²) in [4.78, 5) is 0. The van der Waals surface area contributed by atoms with Crippen molar-refractivity contribution in [3.05, 3.63) is 35.4 Å². The summed E-state index contributed by atoms with van der Waals surface area (Å²) in [7, 11) is 0. The molecule has 1 nitrogen and oxygen atoms in total. The lowest BCUT2D eigenvalue weighted by Gasteiger charge is -2.29. The molecule has 94 valence electrons. The average Bonchev–Trinajstić information content (AvgIpc) is 2.56. The van der Waals surface area contributed by atoms with E-state index in [4.69, 9.17) is 5.73 Å². The van der Waals surface area contributed by atoms with Gasteiger partial charge in [-0.25, -0.2) is 0 Å². The van der Waals surface area contributed by atoms with E-state index in [0.717, 1.165) is 25.2 Å². The monoisotopic (exact) mass is 231 g/mol. The van der Waals surface area contributed by atoms with Crippen LogP contribution in [0.5, 0.6) is 0 Å². The van der Waals surface area contributed by atoms with Crippen LogP contribution in [0.3, 0.4) is 0 Å². The lowest BCUT2D eigenvalue weighted by Crippen LogP contribution is -2.36. The molecule has 1 aliphatic carbocycles. The van der Waals surface area contributed by atoms with Gasteiger partial charge in [0.05, 0.1) is 0 Å². The third-order valence-electron chi connectivity index (χ3n) is 3.98. The molecular formula is C16H25N. The average molecular weight is 231 g/mol. The second-order valence-electron chi connectivity index (χ2n) is 6.25. The van der Waals surface area contributed by atoms with E-state index in [9.17, 15) is 0 Å². The zero-order valence-corrected chi connectivity index (χ0v) is 11.4. The van der Waals surface area contributed by atoms with E-state index in [0.29, 0.717) is 5.92 Å². The summed E-state index contributed by atoms with van der Waals surface area (Å²) in [6.07, 6.45) is 4.68. The maximum atomic E-state index is 6.65. The molecule has 2 atom stereocenters. The van der Waals surface area contributed by atoms with Crippen LogP contribution in [-0.4, -0.2) is 0 Å². The van der Waals surface area contributed by atoms with Crippen molar-refractivity contribution in [2.45, 2.75) is 52.0 Å². The molecule has 0 bridgehead atoms. The van der Waals surface area contributed by atoms with Crippen molar-refractivity contribution >= 4 is 0 Å². The molecule has 1 aromatic carbocycles. The van der Waals surface area contributed by atoms with Gasteiger partial charge in [-0.15, -0.1) is 0 Å². The van der Waals surface area contributed by atoms with Crippen LogP contribution < -0.4 is 5.73 Å². The van der Waals surface area contributed by atoms with Crippen molar-refractivity contribution in [3.63, 3.8) is 0 Å². The van der Waals surface area contributed by atoms with E-state index < -0.39 is 0 Å². The molecule has 0 saturated heterocycles. The van der Waals surface area contributed by atoms with Gasteiger partial charge in [0.1, 0.15) is 0 Å². The van der Waals surface area contributed by atoms with Crippen LogP contribution in [0.2, 0.25) is 0 Å². The Hall–Kier alpha value is -0.820. The summed E-state index contributed by atoms with van der Waals surface area (Å²) in [5, 5.41) is 0. The largest absolute Gasteiger partial charge is 0.321 e. The van der Waals surface area contributed by atoms with E-state index in [1.54, 1.807) is 0 Å². The van der Waals surface area contributed by atoms with Gasteiger partial charge >= 0.3 is 0 Å². The van der Waals surface area contributed by atoms with Crippen LogP contribution in [0.1, 0.15) is 51.2 Å². The Morgan fingerprint density at radius 1 is 1.24 bits per heavy atom. The molecule has 1 heteroatoms. The highest BCUT2D eigenvalue weighted by atomic mass is 14.8. The SMILES string of the molecule is CC(C)CC(C)CC1(N)CCc2ccccc21. The van der Waals surface area contributed by atoms with Crippen LogP contribution in [0, 0.1) is 11.8 Å². The molecule has 0 spiro atoms. The minimum Gasteiger partial charge on any atom is -0.321 e. The maximum Gasteiger partial charge on any atom is 0.0418 e. The summed E-state index contributed by atoms with van der Waals surface area (Å²) in [6.45, 7) is 6.93. The van der Waals surface area contributed by atoms with Crippen molar-refractivity contribution in [1.29, 1.82) is 0 Å². The fraction of sp³-hybridized carbons (Fsp3) is 0.625. The Kier molecular flexibility index (Phi) is 3.58. The third-order valence-corrected chi connectivity index (χ3v) is 3.98. The summed E-state index contributed by atoms with van der Waals surface area (Å²) in [5.74, 6) is 1.48. The van der Waals surface area contributed by atoms with Gasteiger partial charge < -0.3 is 5.73 Å². The quantitative estimate of drug-likeness (QED) is 0.836. The number of nitrogens with two attached hydrogens (primary N) is 1. The number of benzene rings is 1. The van der Waals surface area contributed by atoms with Crippen LogP contribution in [-0.2, 0) is 12.0 Å². The lowest BCUT2D eigenvalue weighted by atomic mass is 9.81. The van der Waals surface area contributed by atoms with Crippen molar-refractivity contribution < 1.29 is 0 Å². The molecule has 0 radical (unpaired) electrons. The van der Waals surface area contributed by atoms with Crippen molar-refractivity contribution in [2.24, 2.45) is 17.6 Å². The number of rotatable bonds is 4. The highest BCUT2D eigenvalue weighted by Gasteiger charge is 2.35. The standard InChI is InChI=1S/C16H25N/c1-12(2)10-13(3)11-16(17)9-8-14-6-4-5-7-15(14)16/h4-7,12-13H,8-11,17H2,1-3H3. The Morgan fingerprint density at radius 3 is 2.65 bits per heavy atom. The summed E-state index contributed by atoms with van der Waals surface area (Å²) in [5.41, 5.74) is 9.45. The Balaban J connectivity index is 2.11. The summed E-state index contributed by atoms with van der Waals surface area (Å²) >= 11 is 0. The number of hydrogen-bond acceptors (Lipinski definition) is 1. The Labute approximate surface area is 105 Å². The minimum absolute atomic E-state index is 0.0646. The first kappa shape index (κ1) is 12.6. The van der Waals surface area contributed by atoms with Gasteiger partial charge in [-0.05, 0) is 48.6 Å².